The van der Waals surface area contributed by atoms with Gasteiger partial charge in [0.15, 0.2) is 11.5 Å². The quantitative estimate of drug-likeness (QED) is 0.938. The Morgan fingerprint density at radius 3 is 2.52 bits per heavy atom. The Balaban J connectivity index is 1.72. The third kappa shape index (κ3) is 3.17. The van der Waals surface area contributed by atoms with Crippen molar-refractivity contribution in [2.24, 2.45) is 0 Å². The van der Waals surface area contributed by atoms with Gasteiger partial charge in [-0.25, -0.2) is 4.98 Å². The Hall–Kier alpha value is -2.08. The molecule has 0 aliphatic carbocycles. The molecule has 6 heteroatoms. The minimum absolute atomic E-state index is 0.110. The van der Waals surface area contributed by atoms with Gasteiger partial charge in [-0.05, 0) is 39.8 Å². The average molecular weight is 332 g/mol. The molecule has 3 rings (SSSR count). The summed E-state index contributed by atoms with van der Waals surface area (Å²) in [5.74, 6) is 1.10. The molecule has 2 heterocycles. The zero-order chi connectivity index (χ0) is 16.6. The van der Waals surface area contributed by atoms with E-state index < -0.39 is 6.10 Å². The lowest BCUT2D eigenvalue weighted by molar-refractivity contribution is -0.134. The van der Waals surface area contributed by atoms with Crippen LogP contribution in [-0.2, 0) is 4.79 Å². The molecule has 3 atom stereocenters. The molecule has 2 aromatic rings. The minimum Gasteiger partial charge on any atom is -0.482 e. The van der Waals surface area contributed by atoms with Gasteiger partial charge in [0.1, 0.15) is 6.10 Å². The Labute approximate surface area is 139 Å². The average Bonchev–Trinajstić information content (AvgIpc) is 2.85. The summed E-state index contributed by atoms with van der Waals surface area (Å²) in [6.45, 7) is 7.72. The van der Waals surface area contributed by atoms with Crippen molar-refractivity contribution in [1.29, 1.82) is 0 Å². The zero-order valence-corrected chi connectivity index (χ0v) is 14.4. The van der Waals surface area contributed by atoms with Crippen LogP contribution in [0.3, 0.4) is 0 Å². The van der Waals surface area contributed by atoms with E-state index in [0.29, 0.717) is 11.5 Å². The lowest BCUT2D eigenvalue weighted by Gasteiger charge is -2.31. The van der Waals surface area contributed by atoms with Crippen molar-refractivity contribution >= 4 is 17.2 Å². The number of amides is 1. The number of rotatable bonds is 3. The standard InChI is InChI=1S/C17H20N2O3S/c1-9-16(23-12(4)18-9)10(2)19-17(20)15-11(3)21-13-7-5-6-8-14(13)22-15/h5-8,10-11,15H,1-4H3,(H,19,20)/t10-,11-,15+/m0/s1. The van der Waals surface area contributed by atoms with Crippen molar-refractivity contribution in [3.05, 3.63) is 39.8 Å². The van der Waals surface area contributed by atoms with E-state index in [1.807, 2.05) is 52.0 Å². The maximum Gasteiger partial charge on any atom is 0.265 e. The van der Waals surface area contributed by atoms with Crippen molar-refractivity contribution in [1.82, 2.24) is 10.3 Å². The Bertz CT molecular complexity index is 728. The molecule has 0 unspecified atom stereocenters. The maximum atomic E-state index is 12.6. The van der Waals surface area contributed by atoms with Crippen LogP contribution in [0.15, 0.2) is 24.3 Å². The van der Waals surface area contributed by atoms with Crippen LogP contribution < -0.4 is 14.8 Å². The van der Waals surface area contributed by atoms with Crippen LogP contribution in [-0.4, -0.2) is 23.1 Å². The van der Waals surface area contributed by atoms with Crippen molar-refractivity contribution in [3.8, 4) is 11.5 Å². The van der Waals surface area contributed by atoms with Crippen LogP contribution >= 0.6 is 11.3 Å². The monoisotopic (exact) mass is 332 g/mol. The predicted octanol–water partition coefficient (Wildman–Crippen LogP) is 3.17. The number of nitrogens with one attached hydrogen (secondary N) is 1. The molecule has 1 aromatic carbocycles. The number of carbonyl (C=O) groups excluding carboxylic acids is 1. The van der Waals surface area contributed by atoms with E-state index >= 15 is 0 Å². The SMILES string of the molecule is Cc1nc(C)c([C@H](C)NC(=O)[C@@H]2Oc3ccccc3O[C@H]2C)s1. The summed E-state index contributed by atoms with van der Waals surface area (Å²) in [6.07, 6.45) is -1.01. The van der Waals surface area contributed by atoms with E-state index in [1.165, 1.54) is 0 Å². The number of carbonyl (C=O) groups is 1. The number of fused-ring (bicyclic) bond motifs is 1. The molecule has 0 radical (unpaired) electrons. The van der Waals surface area contributed by atoms with Crippen LogP contribution in [0.4, 0.5) is 0 Å². The van der Waals surface area contributed by atoms with Gasteiger partial charge >= 0.3 is 0 Å². The Kier molecular flexibility index (Phi) is 4.26. The molecule has 0 saturated heterocycles. The summed E-state index contributed by atoms with van der Waals surface area (Å²) in [5, 5.41) is 4.01. The number of hydrogen-bond acceptors (Lipinski definition) is 5. The van der Waals surface area contributed by atoms with Gasteiger partial charge < -0.3 is 14.8 Å². The Morgan fingerprint density at radius 1 is 1.26 bits per heavy atom. The minimum atomic E-state index is -0.665. The molecule has 1 aliphatic rings. The molecular formula is C17H20N2O3S. The number of nitrogens with zero attached hydrogens (tertiary/aromatic N) is 1. The fourth-order valence-electron chi connectivity index (χ4n) is 2.72. The smallest absolute Gasteiger partial charge is 0.265 e. The number of benzene rings is 1. The molecule has 122 valence electrons. The summed E-state index contributed by atoms with van der Waals surface area (Å²) in [6, 6.07) is 7.28. The molecule has 0 spiro atoms. The van der Waals surface area contributed by atoms with Crippen LogP contribution in [0.1, 0.15) is 35.5 Å². The summed E-state index contributed by atoms with van der Waals surface area (Å²) in [7, 11) is 0. The summed E-state index contributed by atoms with van der Waals surface area (Å²) in [5.41, 5.74) is 0.958. The summed E-state index contributed by atoms with van der Waals surface area (Å²) < 4.78 is 11.6. The van der Waals surface area contributed by atoms with Gasteiger partial charge in [-0.2, -0.15) is 0 Å². The van der Waals surface area contributed by atoms with E-state index in [1.54, 1.807) is 11.3 Å². The third-order valence-corrected chi connectivity index (χ3v) is 5.05. The first-order chi connectivity index (χ1) is 11.0. The normalized spacial score (nSPS) is 20.9. The van der Waals surface area contributed by atoms with Gasteiger partial charge in [-0.3, -0.25) is 4.79 Å². The first kappa shape index (κ1) is 15.8. The van der Waals surface area contributed by atoms with E-state index in [9.17, 15) is 4.79 Å². The summed E-state index contributed by atoms with van der Waals surface area (Å²) in [4.78, 5) is 18.1. The highest BCUT2D eigenvalue weighted by Gasteiger charge is 2.34. The third-order valence-electron chi connectivity index (χ3n) is 3.79. The largest absolute Gasteiger partial charge is 0.482 e. The predicted molar refractivity (Wildman–Crippen MR) is 89.1 cm³/mol. The van der Waals surface area contributed by atoms with E-state index in [2.05, 4.69) is 10.3 Å². The molecule has 0 fully saturated rings. The van der Waals surface area contributed by atoms with E-state index in [0.717, 1.165) is 15.6 Å². The topological polar surface area (TPSA) is 60.5 Å². The molecule has 1 amide bonds. The lowest BCUT2D eigenvalue weighted by atomic mass is 10.1. The van der Waals surface area contributed by atoms with Crippen LogP contribution in [0.25, 0.3) is 0 Å². The van der Waals surface area contributed by atoms with Crippen molar-refractivity contribution < 1.29 is 14.3 Å². The number of para-hydroxylation sites is 2. The highest BCUT2D eigenvalue weighted by molar-refractivity contribution is 7.11. The van der Waals surface area contributed by atoms with E-state index in [-0.39, 0.29) is 18.1 Å². The number of thiazole rings is 1. The first-order valence-electron chi connectivity index (χ1n) is 7.62. The zero-order valence-electron chi connectivity index (χ0n) is 13.6. The van der Waals surface area contributed by atoms with Gasteiger partial charge in [0.2, 0.25) is 6.10 Å². The van der Waals surface area contributed by atoms with Crippen molar-refractivity contribution in [2.75, 3.05) is 0 Å². The second-order valence-corrected chi connectivity index (χ2v) is 6.96. The van der Waals surface area contributed by atoms with E-state index in [4.69, 9.17) is 9.47 Å². The molecule has 0 bridgehead atoms. The second-order valence-electron chi connectivity index (χ2n) is 5.72. The van der Waals surface area contributed by atoms with Gasteiger partial charge in [0, 0.05) is 4.88 Å². The molecule has 1 N–H and O–H groups in total. The highest BCUT2D eigenvalue weighted by atomic mass is 32.1. The van der Waals surface area contributed by atoms with Gasteiger partial charge in [0.05, 0.1) is 16.7 Å². The van der Waals surface area contributed by atoms with Gasteiger partial charge in [-0.1, -0.05) is 12.1 Å². The van der Waals surface area contributed by atoms with Crippen LogP contribution in [0.5, 0.6) is 11.5 Å². The van der Waals surface area contributed by atoms with Crippen LogP contribution in [0.2, 0.25) is 0 Å². The molecular weight excluding hydrogens is 312 g/mol. The van der Waals surface area contributed by atoms with Crippen molar-refractivity contribution in [3.63, 3.8) is 0 Å². The lowest BCUT2D eigenvalue weighted by Crippen LogP contribution is -2.49. The molecule has 1 aliphatic heterocycles. The Morgan fingerprint density at radius 2 is 1.91 bits per heavy atom. The van der Waals surface area contributed by atoms with Crippen molar-refractivity contribution in [2.45, 2.75) is 45.9 Å². The van der Waals surface area contributed by atoms with Gasteiger partial charge in [-0.15, -0.1) is 11.3 Å². The number of aromatic nitrogens is 1. The van der Waals surface area contributed by atoms with Gasteiger partial charge in [0.25, 0.3) is 5.91 Å². The second kappa shape index (κ2) is 6.20. The number of hydrogen-bond donors (Lipinski definition) is 1. The molecule has 0 saturated carbocycles. The highest BCUT2D eigenvalue weighted by Crippen LogP contribution is 2.33. The first-order valence-corrected chi connectivity index (χ1v) is 8.44. The molecule has 5 nitrogen and oxygen atoms in total. The van der Waals surface area contributed by atoms with Crippen LogP contribution in [0, 0.1) is 13.8 Å². The fourth-order valence-corrected chi connectivity index (χ4v) is 3.65. The molecule has 1 aromatic heterocycles. The summed E-state index contributed by atoms with van der Waals surface area (Å²) >= 11 is 1.60. The number of ether oxygens (including phenoxy) is 2. The number of aryl methyl sites for hydroxylation is 2. The fraction of sp³-hybridized carbons (Fsp3) is 0.412. The molecule has 23 heavy (non-hydrogen) atoms. The maximum absolute atomic E-state index is 12.6.